The molecule has 2 amide bonds. The summed E-state index contributed by atoms with van der Waals surface area (Å²) in [5, 5.41) is 15.2. The number of carbonyl (C=O) groups excluding carboxylic acids is 1. The fourth-order valence-electron chi connectivity index (χ4n) is 2.38. The number of carboxylic acids is 1. The van der Waals surface area contributed by atoms with Crippen LogP contribution < -0.4 is 10.6 Å². The van der Waals surface area contributed by atoms with E-state index in [1.54, 1.807) is 12.1 Å². The van der Waals surface area contributed by atoms with Gasteiger partial charge in [0.15, 0.2) is 0 Å². The molecule has 1 aliphatic carbocycles. The second-order valence-electron chi connectivity index (χ2n) is 5.36. The van der Waals surface area contributed by atoms with Crippen molar-refractivity contribution in [3.05, 3.63) is 27.7 Å². The first-order chi connectivity index (χ1) is 9.81. The summed E-state index contributed by atoms with van der Waals surface area (Å²) in [5.74, 6) is -0.925. The molecule has 21 heavy (non-hydrogen) atoms. The molecule has 0 aliphatic heterocycles. The van der Waals surface area contributed by atoms with Crippen LogP contribution in [0.15, 0.2) is 12.1 Å². The molecular formula is C14H16Cl2N2O3. The maximum absolute atomic E-state index is 12.0. The van der Waals surface area contributed by atoms with Crippen LogP contribution >= 0.6 is 23.2 Å². The molecule has 2 rings (SSSR count). The van der Waals surface area contributed by atoms with E-state index in [2.05, 4.69) is 10.6 Å². The molecule has 1 fully saturated rings. The molecule has 0 spiro atoms. The first-order valence-corrected chi connectivity index (χ1v) is 7.33. The summed E-state index contributed by atoms with van der Waals surface area (Å²) in [6, 6.07) is 2.76. The second kappa shape index (κ2) is 6.12. The molecule has 0 radical (unpaired) electrons. The highest BCUT2D eigenvalue weighted by molar-refractivity contribution is 6.36. The Balaban J connectivity index is 2.05. The van der Waals surface area contributed by atoms with Crippen LogP contribution in [0, 0.1) is 6.92 Å². The molecule has 1 aliphatic rings. The van der Waals surface area contributed by atoms with Crippen molar-refractivity contribution in [2.24, 2.45) is 0 Å². The van der Waals surface area contributed by atoms with E-state index in [0.717, 1.165) is 12.0 Å². The van der Waals surface area contributed by atoms with Crippen molar-refractivity contribution < 1.29 is 14.7 Å². The number of aryl methyl sites for hydroxylation is 1. The number of rotatable bonds is 4. The van der Waals surface area contributed by atoms with Crippen LogP contribution in [0.4, 0.5) is 10.5 Å². The molecule has 1 aromatic rings. The van der Waals surface area contributed by atoms with Gasteiger partial charge in [0.1, 0.15) is 0 Å². The Morgan fingerprint density at radius 2 is 1.95 bits per heavy atom. The van der Waals surface area contributed by atoms with E-state index in [4.69, 9.17) is 28.3 Å². The van der Waals surface area contributed by atoms with Gasteiger partial charge in [-0.25, -0.2) is 4.79 Å². The zero-order valence-electron chi connectivity index (χ0n) is 11.5. The lowest BCUT2D eigenvalue weighted by Gasteiger charge is -2.41. The highest BCUT2D eigenvalue weighted by Crippen LogP contribution is 2.35. The lowest BCUT2D eigenvalue weighted by Crippen LogP contribution is -2.55. The van der Waals surface area contributed by atoms with E-state index < -0.39 is 17.5 Å². The molecule has 114 valence electrons. The van der Waals surface area contributed by atoms with Gasteiger partial charge in [0.2, 0.25) is 0 Å². The second-order valence-corrected chi connectivity index (χ2v) is 6.18. The summed E-state index contributed by atoms with van der Waals surface area (Å²) in [6.07, 6.45) is 2.15. The predicted octanol–water partition coefficient (Wildman–Crippen LogP) is 3.82. The van der Waals surface area contributed by atoms with Crippen LogP contribution in [0.3, 0.4) is 0 Å². The Morgan fingerprint density at radius 3 is 2.48 bits per heavy atom. The molecule has 5 nitrogen and oxygen atoms in total. The van der Waals surface area contributed by atoms with E-state index in [1.165, 1.54) is 0 Å². The number of hydrogen-bond acceptors (Lipinski definition) is 2. The quantitative estimate of drug-likeness (QED) is 0.785. The molecule has 3 N–H and O–H groups in total. The van der Waals surface area contributed by atoms with Crippen LogP contribution in [-0.2, 0) is 4.79 Å². The minimum absolute atomic E-state index is 0.0805. The van der Waals surface area contributed by atoms with Crippen LogP contribution in [0.5, 0.6) is 0 Å². The highest BCUT2D eigenvalue weighted by atomic mass is 35.5. The standard InChI is InChI=1S/C14H16Cl2N2O3/c1-8-5-10(16)11(6-9(8)15)17-13(21)18-14(3-2-4-14)7-12(19)20/h5-6H,2-4,7H2,1H3,(H,19,20)(H2,17,18,21). The number of anilines is 1. The Hall–Kier alpha value is -1.46. The Kier molecular flexibility index (Phi) is 4.64. The molecule has 0 atom stereocenters. The molecule has 1 saturated carbocycles. The van der Waals surface area contributed by atoms with Crippen molar-refractivity contribution in [3.63, 3.8) is 0 Å². The Bertz CT molecular complexity index is 586. The third kappa shape index (κ3) is 3.80. The van der Waals surface area contributed by atoms with Gasteiger partial charge in [0.25, 0.3) is 0 Å². The maximum atomic E-state index is 12.0. The number of carbonyl (C=O) groups is 2. The van der Waals surface area contributed by atoms with E-state index in [1.807, 2.05) is 6.92 Å². The normalized spacial score (nSPS) is 16.0. The predicted molar refractivity (Wildman–Crippen MR) is 82.2 cm³/mol. The number of benzene rings is 1. The Morgan fingerprint density at radius 1 is 1.29 bits per heavy atom. The fraction of sp³-hybridized carbons (Fsp3) is 0.429. The molecular weight excluding hydrogens is 315 g/mol. The summed E-state index contributed by atoms with van der Waals surface area (Å²) >= 11 is 12.1. The summed E-state index contributed by atoms with van der Waals surface area (Å²) in [4.78, 5) is 22.9. The summed E-state index contributed by atoms with van der Waals surface area (Å²) < 4.78 is 0. The van der Waals surface area contributed by atoms with E-state index in [-0.39, 0.29) is 6.42 Å². The Labute approximate surface area is 132 Å². The third-order valence-corrected chi connectivity index (χ3v) is 4.40. The molecule has 0 heterocycles. The van der Waals surface area contributed by atoms with Gasteiger partial charge < -0.3 is 15.7 Å². The number of aliphatic carboxylic acids is 1. The lowest BCUT2D eigenvalue weighted by molar-refractivity contribution is -0.139. The number of nitrogens with one attached hydrogen (secondary N) is 2. The molecule has 0 saturated heterocycles. The minimum atomic E-state index is -0.925. The van der Waals surface area contributed by atoms with Gasteiger partial charge in [-0.15, -0.1) is 0 Å². The topological polar surface area (TPSA) is 78.4 Å². The van der Waals surface area contributed by atoms with Crippen LogP contribution in [0.2, 0.25) is 10.0 Å². The molecule has 0 aromatic heterocycles. The zero-order chi connectivity index (χ0) is 15.6. The van der Waals surface area contributed by atoms with Gasteiger partial charge in [0, 0.05) is 5.02 Å². The largest absolute Gasteiger partial charge is 0.481 e. The van der Waals surface area contributed by atoms with Crippen molar-refractivity contribution in [1.29, 1.82) is 0 Å². The van der Waals surface area contributed by atoms with Crippen LogP contribution in [0.1, 0.15) is 31.2 Å². The number of amides is 2. The average molecular weight is 331 g/mol. The minimum Gasteiger partial charge on any atom is -0.481 e. The van der Waals surface area contributed by atoms with Crippen LogP contribution in [-0.4, -0.2) is 22.6 Å². The molecule has 7 heteroatoms. The number of carboxylic acid groups (broad SMARTS) is 1. The maximum Gasteiger partial charge on any atom is 0.319 e. The van der Waals surface area contributed by atoms with Gasteiger partial charge in [-0.3, -0.25) is 4.79 Å². The molecule has 0 unspecified atom stereocenters. The summed E-state index contributed by atoms with van der Waals surface area (Å²) in [5.41, 5.74) is 0.556. The average Bonchev–Trinajstić information content (AvgIpc) is 2.32. The monoisotopic (exact) mass is 330 g/mol. The molecule has 1 aromatic carbocycles. The highest BCUT2D eigenvalue weighted by Gasteiger charge is 2.40. The van der Waals surface area contributed by atoms with Crippen molar-refractivity contribution in [2.75, 3.05) is 5.32 Å². The van der Waals surface area contributed by atoms with Crippen molar-refractivity contribution in [3.8, 4) is 0 Å². The van der Waals surface area contributed by atoms with Crippen molar-refractivity contribution in [2.45, 2.75) is 38.1 Å². The van der Waals surface area contributed by atoms with Gasteiger partial charge in [0.05, 0.1) is 22.7 Å². The van der Waals surface area contributed by atoms with E-state index in [9.17, 15) is 9.59 Å². The van der Waals surface area contributed by atoms with Gasteiger partial charge >= 0.3 is 12.0 Å². The number of halogens is 2. The molecule has 0 bridgehead atoms. The zero-order valence-corrected chi connectivity index (χ0v) is 13.0. The lowest BCUT2D eigenvalue weighted by atomic mass is 9.74. The number of hydrogen-bond donors (Lipinski definition) is 3. The van der Waals surface area contributed by atoms with E-state index in [0.29, 0.717) is 28.6 Å². The van der Waals surface area contributed by atoms with Crippen molar-refractivity contribution in [1.82, 2.24) is 5.32 Å². The SMILES string of the molecule is Cc1cc(Cl)c(NC(=O)NC2(CC(=O)O)CCC2)cc1Cl. The first kappa shape index (κ1) is 15.9. The number of urea groups is 1. The first-order valence-electron chi connectivity index (χ1n) is 6.58. The van der Waals surface area contributed by atoms with Gasteiger partial charge in [-0.1, -0.05) is 23.2 Å². The fourth-order valence-corrected chi connectivity index (χ4v) is 2.80. The third-order valence-electron chi connectivity index (χ3n) is 3.68. The van der Waals surface area contributed by atoms with Crippen LogP contribution in [0.25, 0.3) is 0 Å². The van der Waals surface area contributed by atoms with Gasteiger partial charge in [-0.05, 0) is 43.9 Å². The van der Waals surface area contributed by atoms with Gasteiger partial charge in [-0.2, -0.15) is 0 Å². The summed E-state index contributed by atoms with van der Waals surface area (Å²) in [7, 11) is 0. The van der Waals surface area contributed by atoms with Crippen molar-refractivity contribution >= 4 is 40.9 Å². The van der Waals surface area contributed by atoms with E-state index >= 15 is 0 Å². The summed E-state index contributed by atoms with van der Waals surface area (Å²) in [6.45, 7) is 1.81. The smallest absolute Gasteiger partial charge is 0.319 e.